The first-order valence-electron chi connectivity index (χ1n) is 13.4. The van der Waals surface area contributed by atoms with Gasteiger partial charge < -0.3 is 29.4 Å². The minimum Gasteiger partial charge on any atom is -0.497 e. The number of furan rings is 1. The number of urea groups is 1. The van der Waals surface area contributed by atoms with E-state index in [2.05, 4.69) is 5.10 Å². The number of carbonyl (C=O) groups excluding carboxylic acids is 3. The third-order valence-corrected chi connectivity index (χ3v) is 8.51. The Labute approximate surface area is 243 Å². The maximum Gasteiger partial charge on any atom is 0.321 e. The second-order valence-electron chi connectivity index (χ2n) is 10.5. The van der Waals surface area contributed by atoms with E-state index in [1.54, 1.807) is 70.2 Å². The van der Waals surface area contributed by atoms with Crippen molar-refractivity contribution >= 4 is 29.3 Å². The van der Waals surface area contributed by atoms with Crippen molar-refractivity contribution in [1.29, 1.82) is 0 Å². The van der Waals surface area contributed by atoms with Gasteiger partial charge in [0.2, 0.25) is 5.91 Å². The van der Waals surface area contributed by atoms with Gasteiger partial charge in [-0.1, -0.05) is 23.7 Å². The molecule has 2 fully saturated rings. The molecule has 5 rings (SSSR count). The van der Waals surface area contributed by atoms with Crippen LogP contribution in [0.1, 0.15) is 50.7 Å². The molecule has 4 atom stereocenters. The van der Waals surface area contributed by atoms with E-state index < -0.39 is 35.9 Å². The maximum absolute atomic E-state index is 14.6. The molecule has 4 unspecified atom stereocenters. The average Bonchev–Trinajstić information content (AvgIpc) is 3.57. The van der Waals surface area contributed by atoms with Crippen LogP contribution in [-0.2, 0) is 16.6 Å². The molecule has 0 spiro atoms. The summed E-state index contributed by atoms with van der Waals surface area (Å²) >= 11 is 6.83. The van der Waals surface area contributed by atoms with Gasteiger partial charge in [0.1, 0.15) is 28.5 Å². The number of aromatic nitrogens is 2. The van der Waals surface area contributed by atoms with Crippen molar-refractivity contribution in [3.63, 3.8) is 0 Å². The molecule has 2 saturated heterocycles. The number of Topliss-reactive ketones (excluding diaryl/α,β-unsaturated/α-hetero) is 1. The molecule has 0 aliphatic carbocycles. The number of benzene rings is 1. The Morgan fingerprint density at radius 1 is 1.10 bits per heavy atom. The monoisotopic (exact) mass is 583 g/mol. The van der Waals surface area contributed by atoms with Crippen molar-refractivity contribution in [2.45, 2.75) is 38.8 Å². The molecular weight excluding hydrogens is 550 g/mol. The van der Waals surface area contributed by atoms with Crippen molar-refractivity contribution in [3.8, 4) is 5.75 Å². The van der Waals surface area contributed by atoms with E-state index in [9.17, 15) is 14.4 Å². The highest BCUT2D eigenvalue weighted by molar-refractivity contribution is 6.30. The van der Waals surface area contributed by atoms with Gasteiger partial charge >= 0.3 is 6.03 Å². The van der Waals surface area contributed by atoms with E-state index in [0.717, 1.165) is 0 Å². The highest BCUT2D eigenvalue weighted by atomic mass is 35.5. The molecule has 0 radical (unpaired) electrons. The summed E-state index contributed by atoms with van der Waals surface area (Å²) < 4.78 is 18.0. The van der Waals surface area contributed by atoms with Gasteiger partial charge in [0, 0.05) is 31.6 Å². The molecule has 12 heteroatoms. The second kappa shape index (κ2) is 11.2. The normalized spacial score (nSPS) is 22.7. The molecule has 0 saturated carbocycles. The molecule has 3 amide bonds. The smallest absolute Gasteiger partial charge is 0.321 e. The van der Waals surface area contributed by atoms with Gasteiger partial charge in [-0.2, -0.15) is 5.10 Å². The van der Waals surface area contributed by atoms with Crippen molar-refractivity contribution in [3.05, 3.63) is 69.4 Å². The van der Waals surface area contributed by atoms with E-state index >= 15 is 0 Å². The van der Waals surface area contributed by atoms with Crippen LogP contribution in [0, 0.1) is 26.7 Å². The minimum atomic E-state index is -1.17. The number of rotatable bonds is 6. The van der Waals surface area contributed by atoms with Crippen molar-refractivity contribution < 1.29 is 28.3 Å². The van der Waals surface area contributed by atoms with E-state index in [0.29, 0.717) is 66.0 Å². The largest absolute Gasteiger partial charge is 0.497 e. The molecule has 1 aromatic carbocycles. The summed E-state index contributed by atoms with van der Waals surface area (Å²) in [5.74, 6) is -1.13. The molecule has 41 heavy (non-hydrogen) atoms. The van der Waals surface area contributed by atoms with Gasteiger partial charge in [-0.05, 0) is 44.5 Å². The number of primary amides is 1. The number of nitrogens with two attached hydrogens (primary N) is 1. The molecule has 0 bridgehead atoms. The van der Waals surface area contributed by atoms with Gasteiger partial charge in [0.15, 0.2) is 5.78 Å². The molecule has 218 valence electrons. The number of ether oxygens (including phenoxy) is 2. The Morgan fingerprint density at radius 2 is 1.76 bits per heavy atom. The van der Waals surface area contributed by atoms with Crippen LogP contribution in [0.4, 0.5) is 4.79 Å². The number of likely N-dealkylation sites (tertiary alicyclic amines) is 1. The number of morpholine rings is 1. The highest BCUT2D eigenvalue weighted by Gasteiger charge is 2.59. The van der Waals surface area contributed by atoms with Gasteiger partial charge in [0.05, 0.1) is 43.5 Å². The van der Waals surface area contributed by atoms with E-state index in [4.69, 9.17) is 31.2 Å². The molecule has 2 N–H and O–H groups in total. The zero-order chi connectivity index (χ0) is 29.6. The standard InChI is InChI=1S/C29H34ClN5O6/c1-15-14-20(17(3)41-15)26(36)23-22(18-6-8-19(39-5)9-7-18)25(28(31)37)35(29(38)34-10-12-40-13-11-34)24(23)21-16(2)32-33(4)27(21)30/h6-9,14,22-25H,10-13H2,1-5H3,(H2,31,37). The minimum absolute atomic E-state index is 0.267. The number of aryl methyl sites for hydroxylation is 4. The Balaban J connectivity index is 1.78. The SMILES string of the molecule is COc1ccc(C2C(C(=O)c3cc(C)oc3C)C(c3c(C)nn(C)c3Cl)N(C(=O)N3CCOCC3)C2C(N)=O)cc1. The van der Waals surface area contributed by atoms with Crippen molar-refractivity contribution in [2.75, 3.05) is 33.4 Å². The Bertz CT molecular complexity index is 1480. The number of nitrogens with zero attached hydrogens (tertiary/aromatic N) is 4. The Kier molecular flexibility index (Phi) is 7.85. The molecule has 2 aliphatic heterocycles. The fraction of sp³-hybridized carbons (Fsp3) is 0.448. The third-order valence-electron chi connectivity index (χ3n) is 8.06. The van der Waals surface area contributed by atoms with Gasteiger partial charge in [-0.3, -0.25) is 14.3 Å². The summed E-state index contributed by atoms with van der Waals surface area (Å²) in [6, 6.07) is 6.26. The number of ketones is 1. The number of carbonyl (C=O) groups is 3. The molecule has 11 nitrogen and oxygen atoms in total. The van der Waals surface area contributed by atoms with Crippen LogP contribution in [0.25, 0.3) is 0 Å². The lowest BCUT2D eigenvalue weighted by molar-refractivity contribution is -0.122. The van der Waals surface area contributed by atoms with Gasteiger partial charge in [0.25, 0.3) is 0 Å². The molecule has 2 aliphatic rings. The fourth-order valence-electron chi connectivity index (χ4n) is 6.26. The van der Waals surface area contributed by atoms with Gasteiger partial charge in [-0.25, -0.2) is 4.79 Å². The first-order chi connectivity index (χ1) is 19.5. The van der Waals surface area contributed by atoms with Crippen molar-refractivity contribution in [1.82, 2.24) is 19.6 Å². The van der Waals surface area contributed by atoms with Crippen LogP contribution in [0.2, 0.25) is 5.15 Å². The average molecular weight is 584 g/mol. The number of hydrogen-bond donors (Lipinski definition) is 1. The summed E-state index contributed by atoms with van der Waals surface area (Å²) in [7, 11) is 3.24. The summed E-state index contributed by atoms with van der Waals surface area (Å²) in [5, 5.41) is 4.76. The quantitative estimate of drug-likeness (QED) is 0.439. The van der Waals surface area contributed by atoms with Crippen LogP contribution >= 0.6 is 11.6 Å². The van der Waals surface area contributed by atoms with Crippen LogP contribution < -0.4 is 10.5 Å². The van der Waals surface area contributed by atoms with E-state index in [-0.39, 0.29) is 10.9 Å². The van der Waals surface area contributed by atoms with Crippen LogP contribution in [-0.4, -0.2) is 76.8 Å². The number of amides is 3. The van der Waals surface area contributed by atoms with Crippen LogP contribution in [0.5, 0.6) is 5.75 Å². The lowest BCUT2D eigenvalue weighted by atomic mass is 9.76. The molecule has 3 aromatic rings. The summed E-state index contributed by atoms with van der Waals surface area (Å²) in [5.41, 5.74) is 8.18. The Hall–Kier alpha value is -3.83. The zero-order valence-corrected chi connectivity index (χ0v) is 24.5. The highest BCUT2D eigenvalue weighted by Crippen LogP contribution is 2.53. The van der Waals surface area contributed by atoms with Crippen molar-refractivity contribution in [2.24, 2.45) is 18.7 Å². The summed E-state index contributed by atoms with van der Waals surface area (Å²) in [4.78, 5) is 45.5. The predicted molar refractivity (Wildman–Crippen MR) is 150 cm³/mol. The topological polar surface area (TPSA) is 133 Å². The van der Waals surface area contributed by atoms with E-state index in [1.165, 1.54) is 9.58 Å². The molecule has 4 heterocycles. The second-order valence-corrected chi connectivity index (χ2v) is 10.9. The fourth-order valence-corrected chi connectivity index (χ4v) is 6.55. The van der Waals surface area contributed by atoms with Crippen LogP contribution in [0.3, 0.4) is 0 Å². The van der Waals surface area contributed by atoms with Gasteiger partial charge in [-0.15, -0.1) is 0 Å². The predicted octanol–water partition coefficient (Wildman–Crippen LogP) is 3.55. The third kappa shape index (κ3) is 4.97. The summed E-state index contributed by atoms with van der Waals surface area (Å²) in [6.07, 6.45) is 0. The van der Waals surface area contributed by atoms with Crippen LogP contribution in [0.15, 0.2) is 34.7 Å². The van der Waals surface area contributed by atoms with E-state index in [1.807, 2.05) is 0 Å². The first-order valence-corrected chi connectivity index (χ1v) is 13.8. The molecular formula is C29H34ClN5O6. The lowest BCUT2D eigenvalue weighted by Gasteiger charge is -2.37. The molecule has 2 aromatic heterocycles. The maximum atomic E-state index is 14.6. The first kappa shape index (κ1) is 28.7. The zero-order valence-electron chi connectivity index (χ0n) is 23.7. The lowest BCUT2D eigenvalue weighted by Crippen LogP contribution is -2.54. The Morgan fingerprint density at radius 3 is 2.27 bits per heavy atom. The number of hydrogen-bond acceptors (Lipinski definition) is 7. The summed E-state index contributed by atoms with van der Waals surface area (Å²) in [6.45, 7) is 6.63. The number of methoxy groups -OCH3 is 1. The number of halogens is 1.